The molecule has 0 bridgehead atoms. The molecule has 0 aromatic heterocycles. The predicted octanol–water partition coefficient (Wildman–Crippen LogP) is 0.763. The third-order valence-electron chi connectivity index (χ3n) is 1.43. The molecule has 3 heteroatoms. The van der Waals surface area contributed by atoms with Gasteiger partial charge in [0.25, 0.3) is 0 Å². The molecule has 0 unspecified atom stereocenters. The topological polar surface area (TPSA) is 15.3 Å². The summed E-state index contributed by atoms with van der Waals surface area (Å²) in [6.07, 6.45) is 0. The molecule has 0 aliphatic rings. The van der Waals surface area contributed by atoms with E-state index in [1.165, 1.54) is 0 Å². The molecule has 0 spiro atoms. The first-order valence-electron chi connectivity index (χ1n) is 3.44. The van der Waals surface area contributed by atoms with Crippen LogP contribution in [0.3, 0.4) is 0 Å². The maximum absolute atomic E-state index is 3.90. The van der Waals surface area contributed by atoms with Crippen LogP contribution in [0.1, 0.15) is 13.8 Å². The van der Waals surface area contributed by atoms with Gasteiger partial charge in [-0.15, -0.1) is 0 Å². The fourth-order valence-corrected chi connectivity index (χ4v) is 0.848. The lowest BCUT2D eigenvalue weighted by molar-refractivity contribution is 0.310. The van der Waals surface area contributed by atoms with Crippen molar-refractivity contribution in [3.63, 3.8) is 0 Å². The van der Waals surface area contributed by atoms with Crippen molar-refractivity contribution >= 4 is 12.8 Å². The van der Waals surface area contributed by atoms with Gasteiger partial charge in [0.15, 0.2) is 0 Å². The summed E-state index contributed by atoms with van der Waals surface area (Å²) in [6, 6.07) is 0. The zero-order chi connectivity index (χ0) is 7.11. The molecule has 9 heavy (non-hydrogen) atoms. The fraction of sp³-hybridized carbons (Fsp3) is 1.00. The minimum Gasteiger partial charge on any atom is -0.303 e. The number of hydrogen-bond acceptors (Lipinski definition) is 3. The van der Waals surface area contributed by atoms with Crippen molar-refractivity contribution < 1.29 is 0 Å². The van der Waals surface area contributed by atoms with Gasteiger partial charge in [-0.3, -0.25) is 4.72 Å². The van der Waals surface area contributed by atoms with Gasteiger partial charge in [0.1, 0.15) is 0 Å². The van der Waals surface area contributed by atoms with Crippen LogP contribution in [0.5, 0.6) is 0 Å². The summed E-state index contributed by atoms with van der Waals surface area (Å²) in [6.45, 7) is 8.66. The number of nitrogens with zero attached hydrogens (tertiary/aromatic N) is 1. The Morgan fingerprint density at radius 1 is 1.33 bits per heavy atom. The summed E-state index contributed by atoms with van der Waals surface area (Å²) < 4.78 is 2.82. The van der Waals surface area contributed by atoms with Crippen LogP contribution in [0, 0.1) is 0 Å². The first-order chi connectivity index (χ1) is 4.35. The van der Waals surface area contributed by atoms with Crippen LogP contribution in [0.25, 0.3) is 0 Å². The Morgan fingerprint density at radius 3 is 2.22 bits per heavy atom. The lowest BCUT2D eigenvalue weighted by atomic mass is 10.5. The standard InChI is InChI=1S/C6H16N2S/c1-3-8(4-2)6-5-7-9/h7,9H,3-6H2,1-2H3. The van der Waals surface area contributed by atoms with E-state index in [1.807, 2.05) is 0 Å². The van der Waals surface area contributed by atoms with Gasteiger partial charge in [-0.2, -0.15) is 0 Å². The summed E-state index contributed by atoms with van der Waals surface area (Å²) in [5, 5.41) is 0. The molecule has 0 aliphatic heterocycles. The number of likely N-dealkylation sites (N-methyl/N-ethyl adjacent to an activating group) is 1. The molecule has 2 nitrogen and oxygen atoms in total. The van der Waals surface area contributed by atoms with E-state index in [0.717, 1.165) is 26.2 Å². The summed E-state index contributed by atoms with van der Waals surface area (Å²) in [7, 11) is 0. The molecule has 0 aromatic carbocycles. The van der Waals surface area contributed by atoms with Crippen molar-refractivity contribution in [3.05, 3.63) is 0 Å². The van der Waals surface area contributed by atoms with Gasteiger partial charge in [-0.05, 0) is 13.1 Å². The SMILES string of the molecule is CCN(CC)CCNS. The van der Waals surface area contributed by atoms with Crippen LogP contribution in [-0.2, 0) is 0 Å². The second-order valence-corrected chi connectivity index (χ2v) is 2.25. The molecule has 0 aromatic rings. The van der Waals surface area contributed by atoms with Gasteiger partial charge in [0.05, 0.1) is 0 Å². The van der Waals surface area contributed by atoms with Crippen LogP contribution in [0.2, 0.25) is 0 Å². The monoisotopic (exact) mass is 148 g/mol. The maximum atomic E-state index is 3.90. The fourth-order valence-electron chi connectivity index (χ4n) is 0.748. The smallest absolute Gasteiger partial charge is 0.0184 e. The minimum absolute atomic E-state index is 0.963. The summed E-state index contributed by atoms with van der Waals surface area (Å²) >= 11 is 3.90. The van der Waals surface area contributed by atoms with Crippen LogP contribution in [0.4, 0.5) is 0 Å². The van der Waals surface area contributed by atoms with Crippen LogP contribution in [0.15, 0.2) is 0 Å². The van der Waals surface area contributed by atoms with Gasteiger partial charge in [-0.25, -0.2) is 0 Å². The number of hydrogen-bond donors (Lipinski definition) is 2. The molecule has 0 atom stereocenters. The van der Waals surface area contributed by atoms with Crippen LogP contribution < -0.4 is 4.72 Å². The van der Waals surface area contributed by atoms with Crippen LogP contribution >= 0.6 is 12.8 Å². The van der Waals surface area contributed by atoms with E-state index in [-0.39, 0.29) is 0 Å². The second-order valence-electron chi connectivity index (χ2n) is 1.93. The number of thiol groups is 1. The second kappa shape index (κ2) is 6.39. The maximum Gasteiger partial charge on any atom is 0.0184 e. The Hall–Kier alpha value is 0.270. The van der Waals surface area contributed by atoms with E-state index in [2.05, 4.69) is 36.3 Å². The Bertz CT molecular complexity index is 55.0. The molecule has 0 heterocycles. The summed E-state index contributed by atoms with van der Waals surface area (Å²) in [4.78, 5) is 2.35. The highest BCUT2D eigenvalue weighted by molar-refractivity contribution is 7.78. The van der Waals surface area contributed by atoms with E-state index in [0.29, 0.717) is 0 Å². The lowest BCUT2D eigenvalue weighted by Crippen LogP contribution is -2.29. The number of nitrogens with one attached hydrogen (secondary N) is 1. The molecule has 0 radical (unpaired) electrons. The molecule has 0 aliphatic carbocycles. The van der Waals surface area contributed by atoms with E-state index < -0.39 is 0 Å². The summed E-state index contributed by atoms with van der Waals surface area (Å²) in [5.74, 6) is 0. The first-order valence-corrected chi connectivity index (χ1v) is 3.89. The van der Waals surface area contributed by atoms with Gasteiger partial charge in [0.2, 0.25) is 0 Å². The molecular formula is C6H16N2S. The van der Waals surface area contributed by atoms with Gasteiger partial charge in [-0.1, -0.05) is 26.7 Å². The highest BCUT2D eigenvalue weighted by Crippen LogP contribution is 1.83. The predicted molar refractivity (Wildman–Crippen MR) is 44.8 cm³/mol. The van der Waals surface area contributed by atoms with E-state index in [1.54, 1.807) is 0 Å². The molecule has 0 saturated carbocycles. The molecule has 0 rings (SSSR count). The molecule has 1 N–H and O–H groups in total. The van der Waals surface area contributed by atoms with E-state index in [4.69, 9.17) is 0 Å². The Labute approximate surface area is 63.2 Å². The Morgan fingerprint density at radius 2 is 1.89 bits per heavy atom. The van der Waals surface area contributed by atoms with Crippen molar-refractivity contribution in [2.75, 3.05) is 26.2 Å². The lowest BCUT2D eigenvalue weighted by Gasteiger charge is -2.16. The van der Waals surface area contributed by atoms with Gasteiger partial charge < -0.3 is 4.90 Å². The summed E-state index contributed by atoms with van der Waals surface area (Å²) in [5.41, 5.74) is 0. The van der Waals surface area contributed by atoms with Crippen molar-refractivity contribution in [2.45, 2.75) is 13.8 Å². The third kappa shape index (κ3) is 4.75. The first kappa shape index (κ1) is 9.27. The zero-order valence-corrected chi connectivity index (χ0v) is 7.12. The molecule has 0 amide bonds. The zero-order valence-electron chi connectivity index (χ0n) is 6.22. The van der Waals surface area contributed by atoms with Crippen molar-refractivity contribution in [1.82, 2.24) is 9.62 Å². The molecule has 56 valence electrons. The average Bonchev–Trinajstić information content (AvgIpc) is 1.91. The van der Waals surface area contributed by atoms with Crippen molar-refractivity contribution in [1.29, 1.82) is 0 Å². The van der Waals surface area contributed by atoms with E-state index in [9.17, 15) is 0 Å². The highest BCUT2D eigenvalue weighted by atomic mass is 32.1. The highest BCUT2D eigenvalue weighted by Gasteiger charge is 1.94. The van der Waals surface area contributed by atoms with Gasteiger partial charge >= 0.3 is 0 Å². The van der Waals surface area contributed by atoms with Crippen molar-refractivity contribution in [2.24, 2.45) is 0 Å². The largest absolute Gasteiger partial charge is 0.303 e. The quantitative estimate of drug-likeness (QED) is 0.560. The van der Waals surface area contributed by atoms with Crippen molar-refractivity contribution in [3.8, 4) is 0 Å². The molecular weight excluding hydrogens is 132 g/mol. The number of rotatable bonds is 5. The Kier molecular flexibility index (Phi) is 6.58. The van der Waals surface area contributed by atoms with Crippen LogP contribution in [-0.4, -0.2) is 31.1 Å². The minimum atomic E-state index is 0.963. The average molecular weight is 148 g/mol. The molecule has 0 saturated heterocycles. The normalized spacial score (nSPS) is 10.7. The van der Waals surface area contributed by atoms with Gasteiger partial charge in [0, 0.05) is 13.1 Å². The third-order valence-corrected chi connectivity index (χ3v) is 1.66. The molecule has 0 fully saturated rings. The van der Waals surface area contributed by atoms with E-state index >= 15 is 0 Å². The Balaban J connectivity index is 3.09.